The first kappa shape index (κ1) is 24.9. The van der Waals surface area contributed by atoms with E-state index in [2.05, 4.69) is 47.8 Å². The van der Waals surface area contributed by atoms with E-state index in [9.17, 15) is 17.6 Å². The Morgan fingerprint density at radius 3 is 2.34 bits per heavy atom. The number of halogens is 4. The molecule has 0 aromatic heterocycles. The summed E-state index contributed by atoms with van der Waals surface area (Å²) in [7, 11) is 0. The van der Waals surface area contributed by atoms with Crippen molar-refractivity contribution in [3.05, 3.63) is 99.9 Å². The van der Waals surface area contributed by atoms with Gasteiger partial charge < -0.3 is 4.74 Å². The Balaban J connectivity index is 1.43. The van der Waals surface area contributed by atoms with Gasteiger partial charge in [-0.15, -0.1) is 13.2 Å². The van der Waals surface area contributed by atoms with E-state index in [1.165, 1.54) is 54.7 Å². The molecular formula is C30H28F4O. The summed E-state index contributed by atoms with van der Waals surface area (Å²) in [6.45, 7) is 2.21. The molecule has 0 bridgehead atoms. The summed E-state index contributed by atoms with van der Waals surface area (Å²) in [6, 6.07) is 17.5. The molecule has 0 spiro atoms. The maximum Gasteiger partial charge on any atom is 0.573 e. The Hall–Kier alpha value is -3.26. The molecule has 1 unspecified atom stereocenters. The van der Waals surface area contributed by atoms with Gasteiger partial charge in [0.05, 0.1) is 5.56 Å². The van der Waals surface area contributed by atoms with E-state index in [1.807, 2.05) is 6.07 Å². The van der Waals surface area contributed by atoms with Gasteiger partial charge in [-0.1, -0.05) is 55.9 Å². The molecule has 1 aliphatic rings. The maximum atomic E-state index is 14.8. The molecule has 0 fully saturated rings. The lowest BCUT2D eigenvalue weighted by Crippen LogP contribution is -2.16. The van der Waals surface area contributed by atoms with E-state index in [-0.39, 0.29) is 11.6 Å². The third kappa shape index (κ3) is 6.88. The van der Waals surface area contributed by atoms with Crippen LogP contribution in [0.3, 0.4) is 0 Å². The van der Waals surface area contributed by atoms with Gasteiger partial charge >= 0.3 is 6.36 Å². The highest BCUT2D eigenvalue weighted by molar-refractivity contribution is 5.48. The second kappa shape index (κ2) is 11.0. The molecule has 0 N–H and O–H groups in total. The van der Waals surface area contributed by atoms with Gasteiger partial charge in [-0.05, 0) is 96.7 Å². The zero-order valence-corrected chi connectivity index (χ0v) is 19.7. The van der Waals surface area contributed by atoms with Gasteiger partial charge in [0.2, 0.25) is 0 Å². The molecule has 0 aliphatic heterocycles. The van der Waals surface area contributed by atoms with Crippen LogP contribution in [0.25, 0.3) is 0 Å². The van der Waals surface area contributed by atoms with Crippen LogP contribution in [-0.2, 0) is 19.3 Å². The van der Waals surface area contributed by atoms with E-state index < -0.39 is 6.36 Å². The van der Waals surface area contributed by atoms with Crippen molar-refractivity contribution >= 4 is 0 Å². The molecule has 0 saturated carbocycles. The zero-order chi connectivity index (χ0) is 24.8. The van der Waals surface area contributed by atoms with Crippen molar-refractivity contribution in [1.82, 2.24) is 0 Å². The molecule has 182 valence electrons. The first-order valence-electron chi connectivity index (χ1n) is 12.1. The molecule has 3 aromatic carbocycles. The predicted octanol–water partition coefficient (Wildman–Crippen LogP) is 8.13. The average molecular weight is 481 g/mol. The van der Waals surface area contributed by atoms with Crippen molar-refractivity contribution in [2.24, 2.45) is 0 Å². The standard InChI is InChI=1S/C30H28F4O/c1-2-3-4-5-21-6-11-23(12-7-21)24-14-15-25-18-26(29(31)20-27(25)19-24)13-8-22-9-16-28(17-10-22)35-30(32,33)34/h6-7,9-12,16-18,20,24H,2-5,14-15,19H2,1H3. The first-order valence-corrected chi connectivity index (χ1v) is 12.1. The van der Waals surface area contributed by atoms with Gasteiger partial charge in [-0.3, -0.25) is 0 Å². The minimum absolute atomic E-state index is 0.300. The smallest absolute Gasteiger partial charge is 0.406 e. The van der Waals surface area contributed by atoms with Crippen molar-refractivity contribution in [1.29, 1.82) is 0 Å². The largest absolute Gasteiger partial charge is 0.573 e. The minimum atomic E-state index is -4.74. The summed E-state index contributed by atoms with van der Waals surface area (Å²) in [4.78, 5) is 0. The number of rotatable bonds is 6. The average Bonchev–Trinajstić information content (AvgIpc) is 2.83. The van der Waals surface area contributed by atoms with Gasteiger partial charge in [-0.25, -0.2) is 4.39 Å². The zero-order valence-electron chi connectivity index (χ0n) is 19.7. The lowest BCUT2D eigenvalue weighted by atomic mass is 9.79. The number of hydrogen-bond donors (Lipinski definition) is 0. The Morgan fingerprint density at radius 1 is 0.914 bits per heavy atom. The van der Waals surface area contributed by atoms with Crippen molar-refractivity contribution in [3.8, 4) is 17.6 Å². The second-order valence-corrected chi connectivity index (χ2v) is 9.06. The molecule has 0 radical (unpaired) electrons. The van der Waals surface area contributed by atoms with E-state index in [0.717, 1.165) is 36.8 Å². The number of benzene rings is 3. The highest BCUT2D eigenvalue weighted by atomic mass is 19.4. The molecule has 0 saturated heterocycles. The Bertz CT molecular complexity index is 1200. The van der Waals surface area contributed by atoms with Gasteiger partial charge in [0, 0.05) is 5.56 Å². The number of unbranched alkanes of at least 4 members (excludes halogenated alkanes) is 2. The van der Waals surface area contributed by atoms with Gasteiger partial charge in [-0.2, -0.15) is 0 Å². The van der Waals surface area contributed by atoms with Crippen LogP contribution in [0.5, 0.6) is 5.75 Å². The lowest BCUT2D eigenvalue weighted by molar-refractivity contribution is -0.274. The fourth-order valence-electron chi connectivity index (χ4n) is 4.57. The van der Waals surface area contributed by atoms with Crippen molar-refractivity contribution in [2.45, 2.75) is 64.1 Å². The number of fused-ring (bicyclic) bond motifs is 1. The first-order chi connectivity index (χ1) is 16.8. The fraction of sp³-hybridized carbons (Fsp3) is 0.333. The molecule has 1 nitrogen and oxygen atoms in total. The molecule has 1 aliphatic carbocycles. The minimum Gasteiger partial charge on any atom is -0.406 e. The van der Waals surface area contributed by atoms with E-state index >= 15 is 0 Å². The molecule has 5 heteroatoms. The summed E-state index contributed by atoms with van der Waals surface area (Å²) < 4.78 is 55.5. The Labute approximate surface area is 204 Å². The molecule has 3 aromatic rings. The van der Waals surface area contributed by atoms with E-state index in [0.29, 0.717) is 17.0 Å². The van der Waals surface area contributed by atoms with E-state index in [4.69, 9.17) is 0 Å². The van der Waals surface area contributed by atoms with Crippen molar-refractivity contribution < 1.29 is 22.3 Å². The van der Waals surface area contributed by atoms with Gasteiger partial charge in [0.15, 0.2) is 0 Å². The fourth-order valence-corrected chi connectivity index (χ4v) is 4.57. The predicted molar refractivity (Wildman–Crippen MR) is 130 cm³/mol. The molecule has 1 atom stereocenters. The SMILES string of the molecule is CCCCCc1ccc(C2CCc3cc(C#Cc4ccc(OC(F)(F)F)cc4)c(F)cc3C2)cc1. The molecule has 35 heavy (non-hydrogen) atoms. The topological polar surface area (TPSA) is 9.23 Å². The summed E-state index contributed by atoms with van der Waals surface area (Å²) in [5.74, 6) is 5.34. The molecule has 4 rings (SSSR count). The third-order valence-corrected chi connectivity index (χ3v) is 6.47. The Morgan fingerprint density at radius 2 is 1.66 bits per heavy atom. The van der Waals surface area contributed by atoms with Crippen molar-refractivity contribution in [2.75, 3.05) is 0 Å². The molecule has 0 amide bonds. The van der Waals surface area contributed by atoms with Crippen LogP contribution < -0.4 is 4.74 Å². The third-order valence-electron chi connectivity index (χ3n) is 6.47. The van der Waals surface area contributed by atoms with Gasteiger partial charge in [0.1, 0.15) is 11.6 Å². The van der Waals surface area contributed by atoms with Crippen LogP contribution in [0, 0.1) is 17.7 Å². The second-order valence-electron chi connectivity index (χ2n) is 9.06. The highest BCUT2D eigenvalue weighted by Gasteiger charge is 2.31. The lowest BCUT2D eigenvalue weighted by Gasteiger charge is -2.25. The number of ether oxygens (including phenoxy) is 1. The normalized spacial score (nSPS) is 15.2. The van der Waals surface area contributed by atoms with Crippen LogP contribution in [-0.4, -0.2) is 6.36 Å². The number of alkyl halides is 3. The van der Waals surface area contributed by atoms with Crippen LogP contribution in [0.1, 0.15) is 71.9 Å². The summed E-state index contributed by atoms with van der Waals surface area (Å²) in [5, 5.41) is 0. The van der Waals surface area contributed by atoms with Crippen LogP contribution in [0.2, 0.25) is 0 Å². The molecular weight excluding hydrogens is 452 g/mol. The summed E-state index contributed by atoms with van der Waals surface area (Å²) in [6.07, 6.45) is 2.72. The van der Waals surface area contributed by atoms with Crippen LogP contribution in [0.15, 0.2) is 60.7 Å². The summed E-state index contributed by atoms with van der Waals surface area (Å²) in [5.41, 5.74) is 5.58. The van der Waals surface area contributed by atoms with Crippen LogP contribution in [0.4, 0.5) is 17.6 Å². The van der Waals surface area contributed by atoms with Crippen LogP contribution >= 0.6 is 0 Å². The monoisotopic (exact) mass is 480 g/mol. The van der Waals surface area contributed by atoms with Crippen molar-refractivity contribution in [3.63, 3.8) is 0 Å². The molecule has 0 heterocycles. The Kier molecular flexibility index (Phi) is 7.80. The summed E-state index contributed by atoms with van der Waals surface area (Å²) >= 11 is 0. The van der Waals surface area contributed by atoms with Gasteiger partial charge in [0.25, 0.3) is 0 Å². The number of hydrogen-bond acceptors (Lipinski definition) is 1. The van der Waals surface area contributed by atoms with E-state index in [1.54, 1.807) is 6.07 Å². The maximum absolute atomic E-state index is 14.8. The quantitative estimate of drug-likeness (QED) is 0.197. The number of aryl methyl sites for hydroxylation is 2. The highest BCUT2D eigenvalue weighted by Crippen LogP contribution is 2.34.